The summed E-state index contributed by atoms with van der Waals surface area (Å²) >= 11 is 0. The number of aliphatic hydroxyl groups is 1. The highest BCUT2D eigenvalue weighted by Crippen LogP contribution is 2.24. The van der Waals surface area contributed by atoms with Crippen molar-refractivity contribution in [1.29, 1.82) is 0 Å². The van der Waals surface area contributed by atoms with E-state index in [-0.39, 0.29) is 12.0 Å². The van der Waals surface area contributed by atoms with Crippen LogP contribution in [0.15, 0.2) is 12.4 Å². The van der Waals surface area contributed by atoms with Gasteiger partial charge in [0, 0.05) is 32.3 Å². The molecule has 1 aromatic heterocycles. The fraction of sp³-hybridized carbons (Fsp3) is 0.750. The van der Waals surface area contributed by atoms with Crippen LogP contribution in [0.4, 0.5) is 4.79 Å². The molecule has 1 saturated heterocycles. The zero-order valence-electron chi connectivity index (χ0n) is 14.0. The summed E-state index contributed by atoms with van der Waals surface area (Å²) < 4.78 is 7.14. The minimum absolute atomic E-state index is 0.129. The smallest absolute Gasteiger partial charge is 0.410 e. The molecule has 0 saturated carbocycles. The van der Waals surface area contributed by atoms with E-state index >= 15 is 0 Å². The van der Waals surface area contributed by atoms with Crippen molar-refractivity contribution < 1.29 is 14.6 Å². The first-order valence-corrected chi connectivity index (χ1v) is 7.88. The van der Waals surface area contributed by atoms with Gasteiger partial charge in [0.2, 0.25) is 0 Å². The van der Waals surface area contributed by atoms with Crippen molar-refractivity contribution in [3.05, 3.63) is 18.0 Å². The number of hydrogen-bond donors (Lipinski definition) is 1. The zero-order chi connectivity index (χ0) is 16.3. The number of carbonyl (C=O) groups is 1. The minimum Gasteiger partial charge on any atom is -0.444 e. The van der Waals surface area contributed by atoms with Crippen LogP contribution in [0.5, 0.6) is 0 Å². The molecule has 6 nitrogen and oxygen atoms in total. The second-order valence-electron chi connectivity index (χ2n) is 7.10. The normalized spacial score (nSPS) is 20.2. The van der Waals surface area contributed by atoms with Crippen molar-refractivity contribution in [3.63, 3.8) is 0 Å². The highest BCUT2D eigenvalue weighted by Gasteiger charge is 2.33. The first kappa shape index (κ1) is 16.8. The maximum Gasteiger partial charge on any atom is 0.410 e. The van der Waals surface area contributed by atoms with E-state index in [0.29, 0.717) is 19.5 Å². The fourth-order valence-electron chi connectivity index (χ4n) is 2.74. The zero-order valence-corrected chi connectivity index (χ0v) is 14.0. The lowest BCUT2D eigenvalue weighted by Gasteiger charge is -2.25. The maximum atomic E-state index is 12.0. The quantitative estimate of drug-likeness (QED) is 0.923. The third-order valence-electron chi connectivity index (χ3n) is 3.91. The molecule has 6 heteroatoms. The van der Waals surface area contributed by atoms with Gasteiger partial charge in [-0.1, -0.05) is 0 Å². The Labute approximate surface area is 132 Å². The van der Waals surface area contributed by atoms with Crippen molar-refractivity contribution in [2.24, 2.45) is 13.0 Å². The number of rotatable bonds is 4. The van der Waals surface area contributed by atoms with Gasteiger partial charge in [0.1, 0.15) is 5.60 Å². The molecule has 0 aliphatic carbocycles. The van der Waals surface area contributed by atoms with E-state index in [2.05, 4.69) is 5.10 Å². The van der Waals surface area contributed by atoms with Crippen LogP contribution in [0.2, 0.25) is 0 Å². The Balaban J connectivity index is 1.78. The Morgan fingerprint density at radius 1 is 1.55 bits per heavy atom. The van der Waals surface area contributed by atoms with Gasteiger partial charge in [-0.05, 0) is 45.6 Å². The molecule has 124 valence electrons. The second kappa shape index (κ2) is 6.69. The first-order valence-electron chi connectivity index (χ1n) is 7.88. The monoisotopic (exact) mass is 309 g/mol. The average molecular weight is 309 g/mol. The second-order valence-corrected chi connectivity index (χ2v) is 7.10. The molecule has 1 aromatic rings. The van der Waals surface area contributed by atoms with Gasteiger partial charge < -0.3 is 14.7 Å². The van der Waals surface area contributed by atoms with Crippen molar-refractivity contribution in [2.75, 3.05) is 13.1 Å². The number of amides is 1. The molecule has 22 heavy (non-hydrogen) atoms. The highest BCUT2D eigenvalue weighted by molar-refractivity contribution is 5.68. The minimum atomic E-state index is -0.478. The van der Waals surface area contributed by atoms with E-state index in [1.165, 1.54) is 0 Å². The molecular formula is C16H27N3O3. The fourth-order valence-corrected chi connectivity index (χ4v) is 2.74. The van der Waals surface area contributed by atoms with E-state index in [0.717, 1.165) is 18.4 Å². The molecule has 0 bridgehead atoms. The van der Waals surface area contributed by atoms with Crippen LogP contribution in [-0.4, -0.2) is 50.7 Å². The van der Waals surface area contributed by atoms with Gasteiger partial charge in [-0.2, -0.15) is 5.10 Å². The predicted molar refractivity (Wildman–Crippen MR) is 83.4 cm³/mol. The number of aliphatic hydroxyl groups excluding tert-OH is 1. The van der Waals surface area contributed by atoms with Gasteiger partial charge in [-0.25, -0.2) is 4.79 Å². The Hall–Kier alpha value is -1.56. The molecule has 2 heterocycles. The third kappa shape index (κ3) is 4.73. The van der Waals surface area contributed by atoms with Crippen molar-refractivity contribution in [2.45, 2.75) is 51.7 Å². The van der Waals surface area contributed by atoms with E-state index in [4.69, 9.17) is 4.74 Å². The molecular weight excluding hydrogens is 282 g/mol. The molecule has 2 rings (SSSR count). The molecule has 0 spiro atoms. The van der Waals surface area contributed by atoms with E-state index in [1.54, 1.807) is 9.58 Å². The summed E-state index contributed by atoms with van der Waals surface area (Å²) in [6.07, 6.45) is 5.44. The van der Waals surface area contributed by atoms with Crippen molar-refractivity contribution in [1.82, 2.24) is 14.7 Å². The predicted octanol–water partition coefficient (Wildman–Crippen LogP) is 1.97. The number of ether oxygens (including phenoxy) is 1. The topological polar surface area (TPSA) is 67.6 Å². The highest BCUT2D eigenvalue weighted by atomic mass is 16.6. The van der Waals surface area contributed by atoms with E-state index in [9.17, 15) is 9.90 Å². The summed E-state index contributed by atoms with van der Waals surface area (Å²) in [5.74, 6) is 0.129. The number of aromatic nitrogens is 2. The van der Waals surface area contributed by atoms with Gasteiger partial charge in [-0.15, -0.1) is 0 Å². The van der Waals surface area contributed by atoms with Gasteiger partial charge >= 0.3 is 6.09 Å². The lowest BCUT2D eigenvalue weighted by molar-refractivity contribution is 0.0266. The van der Waals surface area contributed by atoms with Crippen LogP contribution >= 0.6 is 0 Å². The van der Waals surface area contributed by atoms with Crippen LogP contribution in [0.1, 0.15) is 39.2 Å². The lowest BCUT2D eigenvalue weighted by atomic mass is 9.96. The number of carbonyl (C=O) groups excluding carboxylic acids is 1. The van der Waals surface area contributed by atoms with Crippen LogP contribution < -0.4 is 0 Å². The van der Waals surface area contributed by atoms with Crippen molar-refractivity contribution >= 4 is 6.09 Å². The molecule has 1 fully saturated rings. The van der Waals surface area contributed by atoms with Gasteiger partial charge in [0.25, 0.3) is 0 Å². The average Bonchev–Trinajstić information content (AvgIpc) is 3.02. The number of hydrogen-bond acceptors (Lipinski definition) is 4. The van der Waals surface area contributed by atoms with E-state index < -0.39 is 11.7 Å². The van der Waals surface area contributed by atoms with Gasteiger partial charge in [-0.3, -0.25) is 4.68 Å². The van der Waals surface area contributed by atoms with Crippen LogP contribution in [0.25, 0.3) is 0 Å². The van der Waals surface area contributed by atoms with Crippen LogP contribution in [-0.2, 0) is 18.2 Å². The number of nitrogens with zero attached hydrogens (tertiary/aromatic N) is 3. The summed E-state index contributed by atoms with van der Waals surface area (Å²) in [6, 6.07) is 0. The molecule has 1 aliphatic rings. The molecule has 0 radical (unpaired) electrons. The standard InChI is InChI=1S/C16H27N3O3/c1-16(2,3)22-15(21)19-8-7-13(11-19)14(20)6-5-12-9-17-18(4)10-12/h9-10,13-14,20H,5-8,11H2,1-4H3. The largest absolute Gasteiger partial charge is 0.444 e. The molecule has 2 unspecified atom stereocenters. The summed E-state index contributed by atoms with van der Waals surface area (Å²) in [6.45, 7) is 6.82. The molecule has 1 aliphatic heterocycles. The van der Waals surface area contributed by atoms with Gasteiger partial charge in [0.05, 0.1) is 12.3 Å². The Morgan fingerprint density at radius 3 is 2.86 bits per heavy atom. The maximum absolute atomic E-state index is 12.0. The Bertz CT molecular complexity index is 507. The summed E-state index contributed by atoms with van der Waals surface area (Å²) in [4.78, 5) is 13.7. The van der Waals surface area contributed by atoms with Crippen LogP contribution in [0.3, 0.4) is 0 Å². The lowest BCUT2D eigenvalue weighted by Crippen LogP contribution is -2.36. The number of aryl methyl sites for hydroxylation is 2. The third-order valence-corrected chi connectivity index (χ3v) is 3.91. The summed E-state index contributed by atoms with van der Waals surface area (Å²) in [5.41, 5.74) is 0.650. The summed E-state index contributed by atoms with van der Waals surface area (Å²) in [7, 11) is 1.88. The Morgan fingerprint density at radius 2 is 2.27 bits per heavy atom. The van der Waals surface area contributed by atoms with Crippen LogP contribution in [0, 0.1) is 5.92 Å². The molecule has 2 atom stereocenters. The Kier molecular flexibility index (Phi) is 5.11. The van der Waals surface area contributed by atoms with Gasteiger partial charge in [0.15, 0.2) is 0 Å². The molecule has 0 aromatic carbocycles. The number of likely N-dealkylation sites (tertiary alicyclic amines) is 1. The first-order chi connectivity index (χ1) is 10.2. The van der Waals surface area contributed by atoms with Crippen molar-refractivity contribution in [3.8, 4) is 0 Å². The molecule has 1 amide bonds. The molecule has 1 N–H and O–H groups in total. The summed E-state index contributed by atoms with van der Waals surface area (Å²) in [5, 5.41) is 14.5. The van der Waals surface area contributed by atoms with E-state index in [1.807, 2.05) is 40.2 Å². The SMILES string of the molecule is Cn1cc(CCC(O)C2CCN(C(=O)OC(C)(C)C)C2)cn1.